The number of fused-ring (bicyclic) bond motifs is 4. The van der Waals surface area contributed by atoms with Crippen molar-refractivity contribution in [2.24, 2.45) is 22.7 Å². The molecule has 0 spiro atoms. The Morgan fingerprint density at radius 3 is 2.83 bits per heavy atom. The van der Waals surface area contributed by atoms with Crippen molar-refractivity contribution in [2.45, 2.75) is 46.0 Å². The van der Waals surface area contributed by atoms with Gasteiger partial charge in [0.25, 0.3) is 0 Å². The molecule has 0 aromatic rings. The minimum atomic E-state index is -0.455. The molecule has 1 saturated heterocycles. The molecule has 130 valence electrons. The van der Waals surface area contributed by atoms with Gasteiger partial charge in [-0.3, -0.25) is 9.59 Å². The van der Waals surface area contributed by atoms with Crippen molar-refractivity contribution in [3.05, 3.63) is 22.8 Å². The first kappa shape index (κ1) is 16.1. The summed E-state index contributed by atoms with van der Waals surface area (Å²) in [5.74, 6) is -0.212. The van der Waals surface area contributed by atoms with Crippen molar-refractivity contribution in [1.29, 1.82) is 0 Å². The number of ether oxygens (including phenoxy) is 2. The molecule has 4 unspecified atom stereocenters. The zero-order valence-electron chi connectivity index (χ0n) is 14.8. The molecule has 1 heterocycles. The van der Waals surface area contributed by atoms with Gasteiger partial charge in [0.05, 0.1) is 6.61 Å². The minimum Gasteiger partial charge on any atom is -0.464 e. The molecule has 0 radical (unpaired) electrons. The van der Waals surface area contributed by atoms with Crippen LogP contribution in [0, 0.1) is 22.7 Å². The lowest BCUT2D eigenvalue weighted by molar-refractivity contribution is -0.156. The highest BCUT2D eigenvalue weighted by Crippen LogP contribution is 2.60. The van der Waals surface area contributed by atoms with Crippen LogP contribution in [0.25, 0.3) is 0 Å². The Morgan fingerprint density at radius 1 is 1.29 bits per heavy atom. The number of hydrogen-bond acceptors (Lipinski definition) is 4. The molecule has 0 amide bonds. The largest absolute Gasteiger partial charge is 0.464 e. The molecule has 4 atom stereocenters. The Hall–Kier alpha value is -1.42. The van der Waals surface area contributed by atoms with Crippen LogP contribution in [0.4, 0.5) is 0 Å². The van der Waals surface area contributed by atoms with E-state index in [-0.39, 0.29) is 29.2 Å². The maximum Gasteiger partial charge on any atom is 0.315 e. The molecule has 0 aromatic heterocycles. The lowest BCUT2D eigenvalue weighted by Gasteiger charge is -2.49. The van der Waals surface area contributed by atoms with Crippen LogP contribution in [-0.2, 0) is 19.1 Å². The van der Waals surface area contributed by atoms with E-state index < -0.39 is 5.92 Å². The smallest absolute Gasteiger partial charge is 0.315 e. The van der Waals surface area contributed by atoms with Crippen LogP contribution in [0.5, 0.6) is 0 Å². The van der Waals surface area contributed by atoms with Gasteiger partial charge in [-0.15, -0.1) is 0 Å². The summed E-state index contributed by atoms with van der Waals surface area (Å²) in [6.07, 6.45) is 7.36. The van der Waals surface area contributed by atoms with E-state index in [4.69, 9.17) is 9.47 Å². The monoisotopic (exact) mass is 330 g/mol. The van der Waals surface area contributed by atoms with Crippen LogP contribution >= 0.6 is 0 Å². The number of esters is 1. The van der Waals surface area contributed by atoms with Crippen molar-refractivity contribution < 1.29 is 19.1 Å². The number of allylic oxidation sites excluding steroid dienone is 2. The zero-order valence-corrected chi connectivity index (χ0v) is 14.8. The molecule has 3 aliphatic carbocycles. The van der Waals surface area contributed by atoms with Gasteiger partial charge in [-0.05, 0) is 61.2 Å². The van der Waals surface area contributed by atoms with Gasteiger partial charge in [-0.1, -0.05) is 13.3 Å². The first-order valence-corrected chi connectivity index (χ1v) is 9.06. The predicted octanol–water partition coefficient (Wildman–Crippen LogP) is 3.22. The van der Waals surface area contributed by atoms with E-state index in [1.54, 1.807) is 13.2 Å². The summed E-state index contributed by atoms with van der Waals surface area (Å²) >= 11 is 0. The summed E-state index contributed by atoms with van der Waals surface area (Å²) in [5.41, 5.74) is 3.13. The van der Waals surface area contributed by atoms with E-state index in [9.17, 15) is 9.59 Å². The molecule has 0 N–H and O–H groups in total. The molecule has 4 nitrogen and oxygen atoms in total. The summed E-state index contributed by atoms with van der Waals surface area (Å²) in [6, 6.07) is 0. The second-order valence-electron chi connectivity index (χ2n) is 8.40. The third kappa shape index (κ3) is 2.01. The number of ketones is 1. The highest BCUT2D eigenvalue weighted by Gasteiger charge is 2.54. The van der Waals surface area contributed by atoms with Crippen molar-refractivity contribution >= 4 is 11.8 Å². The lowest BCUT2D eigenvalue weighted by Crippen LogP contribution is -2.48. The highest BCUT2D eigenvalue weighted by molar-refractivity contribution is 6.08. The Labute approximate surface area is 143 Å². The molecule has 1 saturated carbocycles. The number of hydrogen-bond donors (Lipinski definition) is 0. The fourth-order valence-corrected chi connectivity index (χ4v) is 5.65. The van der Waals surface area contributed by atoms with E-state index in [2.05, 4.69) is 13.8 Å². The summed E-state index contributed by atoms with van der Waals surface area (Å²) in [5, 5.41) is 0. The van der Waals surface area contributed by atoms with Gasteiger partial charge in [-0.2, -0.15) is 0 Å². The predicted molar refractivity (Wildman–Crippen MR) is 89.2 cm³/mol. The van der Waals surface area contributed by atoms with Gasteiger partial charge in [-0.25, -0.2) is 0 Å². The van der Waals surface area contributed by atoms with Gasteiger partial charge in [0.2, 0.25) is 0 Å². The fraction of sp³-hybridized carbons (Fsp3) is 0.700. The molecule has 0 aromatic carbocycles. The third-order valence-electron chi connectivity index (χ3n) is 7.05. The molecule has 2 fully saturated rings. The van der Waals surface area contributed by atoms with Gasteiger partial charge in [0.1, 0.15) is 12.5 Å². The Morgan fingerprint density at radius 2 is 2.08 bits per heavy atom. The SMILES string of the molecule is COCC1C(=O)OCC2(C)C1=CC(=O)C1=C2CCC2(C)CCCC12. The molecular weight excluding hydrogens is 304 g/mol. The summed E-state index contributed by atoms with van der Waals surface area (Å²) < 4.78 is 10.8. The van der Waals surface area contributed by atoms with Crippen molar-refractivity contribution in [3.8, 4) is 0 Å². The van der Waals surface area contributed by atoms with Crippen molar-refractivity contribution in [3.63, 3.8) is 0 Å². The average Bonchev–Trinajstić information content (AvgIpc) is 2.94. The van der Waals surface area contributed by atoms with E-state index in [0.717, 1.165) is 30.4 Å². The van der Waals surface area contributed by atoms with E-state index in [0.29, 0.717) is 12.5 Å². The van der Waals surface area contributed by atoms with Gasteiger partial charge in [0, 0.05) is 18.1 Å². The molecule has 4 rings (SSSR count). The Bertz CT molecular complexity index is 673. The Balaban J connectivity index is 1.81. The quantitative estimate of drug-likeness (QED) is 0.730. The Kier molecular flexibility index (Phi) is 3.54. The maximum atomic E-state index is 13.0. The average molecular weight is 330 g/mol. The first-order valence-electron chi connectivity index (χ1n) is 9.06. The number of cyclic esters (lactones) is 1. The van der Waals surface area contributed by atoms with Crippen LogP contribution in [-0.4, -0.2) is 32.1 Å². The third-order valence-corrected chi connectivity index (χ3v) is 7.05. The van der Waals surface area contributed by atoms with Gasteiger partial charge in [0.15, 0.2) is 5.78 Å². The molecule has 4 aliphatic rings. The number of methoxy groups -OCH3 is 1. The molecular formula is C20H26O4. The second-order valence-corrected chi connectivity index (χ2v) is 8.40. The van der Waals surface area contributed by atoms with Crippen LogP contribution in [0.2, 0.25) is 0 Å². The lowest BCUT2D eigenvalue weighted by atomic mass is 9.56. The second kappa shape index (κ2) is 5.29. The highest BCUT2D eigenvalue weighted by atomic mass is 16.5. The zero-order chi connectivity index (χ0) is 17.1. The van der Waals surface area contributed by atoms with Crippen molar-refractivity contribution in [2.75, 3.05) is 20.3 Å². The molecule has 1 aliphatic heterocycles. The summed E-state index contributed by atoms with van der Waals surface area (Å²) in [6.45, 7) is 5.12. The topological polar surface area (TPSA) is 52.6 Å². The van der Waals surface area contributed by atoms with E-state index in [1.165, 1.54) is 18.4 Å². The van der Waals surface area contributed by atoms with E-state index >= 15 is 0 Å². The number of carbonyl (C=O) groups excluding carboxylic acids is 2. The van der Waals surface area contributed by atoms with Crippen LogP contribution in [0.3, 0.4) is 0 Å². The molecule has 24 heavy (non-hydrogen) atoms. The fourth-order valence-electron chi connectivity index (χ4n) is 5.65. The van der Waals surface area contributed by atoms with E-state index in [1.807, 2.05) is 0 Å². The maximum absolute atomic E-state index is 13.0. The van der Waals surface area contributed by atoms with Crippen LogP contribution < -0.4 is 0 Å². The number of carbonyl (C=O) groups is 2. The minimum absolute atomic E-state index is 0.131. The van der Waals surface area contributed by atoms with Gasteiger partial charge < -0.3 is 9.47 Å². The van der Waals surface area contributed by atoms with Gasteiger partial charge >= 0.3 is 5.97 Å². The molecule has 4 heteroatoms. The standard InChI is InChI=1S/C20H26O4/c1-19-7-4-5-13(19)17-14(6-8-19)20(2)11-24-18(22)12(10-23-3)15(20)9-16(17)21/h9,12-13H,4-8,10-11H2,1-3H3. The normalized spacial score (nSPS) is 41.4. The summed E-state index contributed by atoms with van der Waals surface area (Å²) in [4.78, 5) is 25.3. The number of rotatable bonds is 2. The molecule has 0 bridgehead atoms. The van der Waals surface area contributed by atoms with Crippen LogP contribution in [0.15, 0.2) is 22.8 Å². The van der Waals surface area contributed by atoms with Crippen LogP contribution in [0.1, 0.15) is 46.0 Å². The summed E-state index contributed by atoms with van der Waals surface area (Å²) in [7, 11) is 1.58. The van der Waals surface area contributed by atoms with Crippen molar-refractivity contribution in [1.82, 2.24) is 0 Å². The first-order chi connectivity index (χ1) is 11.4.